The highest BCUT2D eigenvalue weighted by Gasteiger charge is 2.39. The van der Waals surface area contributed by atoms with Gasteiger partial charge in [-0.25, -0.2) is 0 Å². The van der Waals surface area contributed by atoms with Crippen molar-refractivity contribution in [2.75, 3.05) is 6.54 Å². The van der Waals surface area contributed by atoms with E-state index in [1.807, 2.05) is 19.9 Å². The molecule has 0 aromatic heterocycles. The van der Waals surface area contributed by atoms with Crippen molar-refractivity contribution < 1.29 is 26.3 Å². The number of allylic oxidation sites excluding steroid dienone is 5. The summed E-state index contributed by atoms with van der Waals surface area (Å²) in [5, 5.41) is 3.49. The minimum atomic E-state index is -4.98. The Kier molecular flexibility index (Phi) is 17.7. The van der Waals surface area contributed by atoms with Crippen LogP contribution in [0, 0.1) is 11.8 Å². The Hall–Kier alpha value is -2.51. The van der Waals surface area contributed by atoms with Crippen LogP contribution in [0.15, 0.2) is 58.8 Å². The third kappa shape index (κ3) is 16.5. The number of hydrogen-bond acceptors (Lipinski definition) is 2. The molecule has 0 aliphatic carbocycles. The van der Waals surface area contributed by atoms with Gasteiger partial charge >= 0.3 is 12.4 Å². The molecule has 0 saturated carbocycles. The summed E-state index contributed by atoms with van der Waals surface area (Å²) in [6.07, 6.45) is 1.99. The quantitative estimate of drug-likeness (QED) is 0.138. The first kappa shape index (κ1) is 38.5. The van der Waals surface area contributed by atoms with E-state index >= 15 is 0 Å². The molecule has 0 bridgehead atoms. The molecule has 1 N–H and O–H groups in total. The van der Waals surface area contributed by atoms with Crippen LogP contribution in [0.1, 0.15) is 111 Å². The van der Waals surface area contributed by atoms with Crippen LogP contribution in [-0.4, -0.2) is 18.3 Å². The summed E-state index contributed by atoms with van der Waals surface area (Å²) in [6, 6.07) is 1.98. The maximum Gasteiger partial charge on any atom is 0.417 e. The van der Waals surface area contributed by atoms with Crippen molar-refractivity contribution in [2.45, 2.75) is 113 Å². The van der Waals surface area contributed by atoms with E-state index in [-0.39, 0.29) is 29.9 Å². The van der Waals surface area contributed by atoms with Gasteiger partial charge in [-0.05, 0) is 68.7 Å². The van der Waals surface area contributed by atoms with E-state index in [0.717, 1.165) is 49.8 Å². The molecule has 1 atom stereocenters. The molecule has 0 spiro atoms. The fraction of sp³-hybridized carbons (Fsp3) is 0.606. The van der Waals surface area contributed by atoms with Gasteiger partial charge in [0.05, 0.1) is 23.4 Å². The molecule has 1 aromatic carbocycles. The number of aliphatic imine (C=N–C) groups is 1. The van der Waals surface area contributed by atoms with Gasteiger partial charge in [-0.1, -0.05) is 85.6 Å². The Labute approximate surface area is 244 Å². The van der Waals surface area contributed by atoms with Crippen molar-refractivity contribution in [3.8, 4) is 0 Å². The summed E-state index contributed by atoms with van der Waals surface area (Å²) in [4.78, 5) is 4.43. The SMILES string of the molecule is CC(C)C.CC/C=C\C=C(/C)C(=NC/C=C(\C)NC(CCCC)CC(C)C)c1ccc(C(F)(F)F)cc1C(F)(F)F. The molecule has 0 aliphatic heterocycles. The molecular weight excluding hydrogens is 538 g/mol. The van der Waals surface area contributed by atoms with Gasteiger partial charge in [0, 0.05) is 17.3 Å². The molecular formula is C33H50F6N2. The Morgan fingerprint density at radius 2 is 1.56 bits per heavy atom. The maximum atomic E-state index is 13.9. The first-order valence-electron chi connectivity index (χ1n) is 14.5. The summed E-state index contributed by atoms with van der Waals surface area (Å²) < 4.78 is 81.1. The first-order valence-corrected chi connectivity index (χ1v) is 14.5. The lowest BCUT2D eigenvalue weighted by Crippen LogP contribution is -2.29. The van der Waals surface area contributed by atoms with Crippen LogP contribution in [0.2, 0.25) is 0 Å². The number of hydrogen-bond donors (Lipinski definition) is 1. The molecule has 0 heterocycles. The number of benzene rings is 1. The van der Waals surface area contributed by atoms with Gasteiger partial charge in [-0.2, -0.15) is 26.3 Å². The lowest BCUT2D eigenvalue weighted by atomic mass is 9.95. The predicted molar refractivity (Wildman–Crippen MR) is 161 cm³/mol. The number of halogens is 6. The van der Waals surface area contributed by atoms with Crippen LogP contribution in [0.3, 0.4) is 0 Å². The van der Waals surface area contributed by atoms with Gasteiger partial charge in [0.2, 0.25) is 0 Å². The molecule has 0 aliphatic rings. The summed E-state index contributed by atoms with van der Waals surface area (Å²) in [7, 11) is 0. The summed E-state index contributed by atoms with van der Waals surface area (Å²) in [6.45, 7) is 18.4. The number of nitrogens with zero attached hydrogens (tertiary/aromatic N) is 1. The third-order valence-electron chi connectivity index (χ3n) is 5.74. The molecule has 1 unspecified atom stereocenters. The average Bonchev–Trinajstić information content (AvgIpc) is 2.83. The second-order valence-electron chi connectivity index (χ2n) is 11.4. The molecule has 0 fully saturated rings. The lowest BCUT2D eigenvalue weighted by Gasteiger charge is -2.22. The fourth-order valence-electron chi connectivity index (χ4n) is 3.93. The number of alkyl halides is 6. The summed E-state index contributed by atoms with van der Waals surface area (Å²) in [5.74, 6) is 1.34. The van der Waals surface area contributed by atoms with Crippen molar-refractivity contribution in [3.05, 3.63) is 70.5 Å². The Bertz CT molecular complexity index is 1010. The van der Waals surface area contributed by atoms with Crippen LogP contribution < -0.4 is 5.32 Å². The molecule has 234 valence electrons. The van der Waals surface area contributed by atoms with Crippen molar-refractivity contribution in [1.29, 1.82) is 0 Å². The highest BCUT2D eigenvalue weighted by molar-refractivity contribution is 6.13. The van der Waals surface area contributed by atoms with Crippen molar-refractivity contribution in [2.24, 2.45) is 16.8 Å². The van der Waals surface area contributed by atoms with E-state index in [0.29, 0.717) is 17.6 Å². The zero-order chi connectivity index (χ0) is 31.8. The highest BCUT2D eigenvalue weighted by Crippen LogP contribution is 2.38. The minimum absolute atomic E-state index is 0.00978. The van der Waals surface area contributed by atoms with Gasteiger partial charge < -0.3 is 5.32 Å². The van der Waals surface area contributed by atoms with Gasteiger partial charge in [0.1, 0.15) is 0 Å². The topological polar surface area (TPSA) is 24.4 Å². The number of unbranched alkanes of at least 4 members (excludes halogenated alkanes) is 1. The first-order chi connectivity index (χ1) is 18.9. The average molecular weight is 589 g/mol. The second-order valence-corrected chi connectivity index (χ2v) is 11.4. The van der Waals surface area contributed by atoms with E-state index in [2.05, 4.69) is 51.9 Å². The minimum Gasteiger partial charge on any atom is -0.386 e. The van der Waals surface area contributed by atoms with E-state index in [4.69, 9.17) is 0 Å². The molecule has 1 aromatic rings. The van der Waals surface area contributed by atoms with Crippen molar-refractivity contribution in [1.82, 2.24) is 5.32 Å². The van der Waals surface area contributed by atoms with Crippen LogP contribution in [0.4, 0.5) is 26.3 Å². The van der Waals surface area contributed by atoms with Gasteiger partial charge in [-0.3, -0.25) is 4.99 Å². The van der Waals surface area contributed by atoms with Crippen LogP contribution in [0.5, 0.6) is 0 Å². The van der Waals surface area contributed by atoms with Gasteiger partial charge in [-0.15, -0.1) is 0 Å². The molecule has 0 saturated heterocycles. The highest BCUT2D eigenvalue weighted by atomic mass is 19.4. The summed E-state index contributed by atoms with van der Waals surface area (Å²) >= 11 is 0. The fourth-order valence-corrected chi connectivity index (χ4v) is 3.93. The predicted octanol–water partition coefficient (Wildman–Crippen LogP) is 11.2. The monoisotopic (exact) mass is 588 g/mol. The van der Waals surface area contributed by atoms with E-state index in [1.54, 1.807) is 25.2 Å². The molecule has 0 amide bonds. The smallest absolute Gasteiger partial charge is 0.386 e. The Morgan fingerprint density at radius 1 is 0.951 bits per heavy atom. The second kappa shape index (κ2) is 18.8. The maximum absolute atomic E-state index is 13.9. The Morgan fingerprint density at radius 3 is 2.05 bits per heavy atom. The zero-order valence-corrected chi connectivity index (χ0v) is 26.2. The largest absolute Gasteiger partial charge is 0.417 e. The molecule has 2 nitrogen and oxygen atoms in total. The normalized spacial score (nSPS) is 14.5. The number of nitrogens with one attached hydrogen (secondary N) is 1. The summed E-state index contributed by atoms with van der Waals surface area (Å²) in [5.41, 5.74) is -1.79. The molecule has 1 rings (SSSR count). The van der Waals surface area contributed by atoms with E-state index in [9.17, 15) is 26.3 Å². The standard InChI is InChI=1S/C29H40F6N2.C4H10/c1-7-9-11-12-21(5)27(25-15-14-23(28(30,31)32)19-26(25)29(33,34)35)36-17-16-22(6)37-24(13-10-8-2)18-20(3)4;1-4(2)3/h9,11-12,14-16,19-20,24,37H,7-8,10,13,17-18H2,1-6H3;4H,1-3H3/b11-9-,21-12+,22-16+,36-27?;. The van der Waals surface area contributed by atoms with Crippen LogP contribution >= 0.6 is 0 Å². The lowest BCUT2D eigenvalue weighted by molar-refractivity contribution is -0.143. The molecule has 0 radical (unpaired) electrons. The molecule has 8 heteroatoms. The van der Waals surface area contributed by atoms with Crippen LogP contribution in [0.25, 0.3) is 0 Å². The third-order valence-corrected chi connectivity index (χ3v) is 5.74. The van der Waals surface area contributed by atoms with Gasteiger partial charge in [0.15, 0.2) is 0 Å². The Balaban J connectivity index is 0.00000373. The van der Waals surface area contributed by atoms with Crippen molar-refractivity contribution >= 4 is 5.71 Å². The zero-order valence-electron chi connectivity index (χ0n) is 26.2. The van der Waals surface area contributed by atoms with E-state index < -0.39 is 23.5 Å². The van der Waals surface area contributed by atoms with Gasteiger partial charge in [0.25, 0.3) is 0 Å². The van der Waals surface area contributed by atoms with E-state index in [1.165, 1.54) is 0 Å². The number of rotatable bonds is 13. The van der Waals surface area contributed by atoms with Crippen molar-refractivity contribution in [3.63, 3.8) is 0 Å². The molecule has 41 heavy (non-hydrogen) atoms. The van der Waals surface area contributed by atoms with Crippen LogP contribution in [-0.2, 0) is 12.4 Å².